The number of pyridine rings is 1. The maximum Gasteiger partial charge on any atom is 0.251 e. The number of methoxy groups -OCH3 is 1. The lowest BCUT2D eigenvalue weighted by atomic mass is 10.0. The summed E-state index contributed by atoms with van der Waals surface area (Å²) in [5.41, 5.74) is 4.26. The van der Waals surface area contributed by atoms with Crippen molar-refractivity contribution in [1.29, 1.82) is 0 Å². The Kier molecular flexibility index (Phi) is 6.45. The van der Waals surface area contributed by atoms with E-state index in [-0.39, 0.29) is 18.1 Å². The van der Waals surface area contributed by atoms with Crippen LogP contribution in [0.2, 0.25) is 0 Å². The number of carbonyl (C=O) groups excluding carboxylic acids is 1. The van der Waals surface area contributed by atoms with Gasteiger partial charge in [0.15, 0.2) is 5.82 Å². The van der Waals surface area contributed by atoms with Crippen LogP contribution in [0.4, 0.5) is 0 Å². The Balaban J connectivity index is 1.75. The van der Waals surface area contributed by atoms with Crippen LogP contribution < -0.4 is 5.32 Å². The van der Waals surface area contributed by atoms with E-state index < -0.39 is 0 Å². The standard InChI is InChI=1S/C23H24N8O2/c1-14-5-6-20(26-12-14)17-9-18(23(32)27-15(2)21-13-24-7-8-25-21)11-19(10-17)31-22(16(3)33-4)28-29-30-31/h5-13,15-16H,1-4H3,(H,27,32). The van der Waals surface area contributed by atoms with Crippen LogP contribution in [-0.4, -0.2) is 48.2 Å². The zero-order valence-corrected chi connectivity index (χ0v) is 18.8. The number of tetrazole rings is 1. The van der Waals surface area contributed by atoms with E-state index in [9.17, 15) is 4.79 Å². The smallest absolute Gasteiger partial charge is 0.251 e. The molecule has 10 heteroatoms. The van der Waals surface area contributed by atoms with Crippen molar-refractivity contribution in [3.05, 3.63) is 77.8 Å². The summed E-state index contributed by atoms with van der Waals surface area (Å²) < 4.78 is 6.96. The number of hydrogen-bond donors (Lipinski definition) is 1. The molecule has 2 atom stereocenters. The molecule has 0 saturated heterocycles. The van der Waals surface area contributed by atoms with Crippen LogP contribution in [0.25, 0.3) is 16.9 Å². The van der Waals surface area contributed by atoms with Crippen molar-refractivity contribution in [3.63, 3.8) is 0 Å². The normalized spacial score (nSPS) is 12.8. The number of benzene rings is 1. The molecule has 168 valence electrons. The van der Waals surface area contributed by atoms with E-state index >= 15 is 0 Å². The molecular weight excluding hydrogens is 420 g/mol. The molecule has 0 saturated carbocycles. The van der Waals surface area contributed by atoms with Crippen molar-refractivity contribution in [2.24, 2.45) is 0 Å². The van der Waals surface area contributed by atoms with Gasteiger partial charge in [0.05, 0.1) is 29.3 Å². The summed E-state index contributed by atoms with van der Waals surface area (Å²) in [6.45, 7) is 5.68. The Morgan fingerprint density at radius 1 is 1.09 bits per heavy atom. The minimum Gasteiger partial charge on any atom is -0.374 e. The summed E-state index contributed by atoms with van der Waals surface area (Å²) in [6.07, 6.45) is 6.26. The Hall–Kier alpha value is -4.05. The SMILES string of the molecule is COC(C)c1nnnn1-c1cc(C(=O)NC(C)c2cnccn2)cc(-c2ccc(C)cn2)c1. The summed E-state index contributed by atoms with van der Waals surface area (Å²) in [5.74, 6) is 0.253. The van der Waals surface area contributed by atoms with Gasteiger partial charge in [-0.25, -0.2) is 0 Å². The Morgan fingerprint density at radius 3 is 2.64 bits per heavy atom. The number of aryl methyl sites for hydroxylation is 1. The summed E-state index contributed by atoms with van der Waals surface area (Å²) in [4.78, 5) is 26.1. The molecule has 4 aromatic rings. The molecule has 0 aliphatic heterocycles. The lowest BCUT2D eigenvalue weighted by Gasteiger charge is -2.15. The molecule has 3 heterocycles. The van der Waals surface area contributed by atoms with Gasteiger partial charge < -0.3 is 10.1 Å². The van der Waals surface area contributed by atoms with Crippen molar-refractivity contribution in [3.8, 4) is 16.9 Å². The first-order chi connectivity index (χ1) is 16.0. The largest absolute Gasteiger partial charge is 0.374 e. The number of rotatable bonds is 7. The zero-order valence-electron chi connectivity index (χ0n) is 18.8. The second-order valence-electron chi connectivity index (χ2n) is 7.64. The molecule has 3 aromatic heterocycles. The van der Waals surface area contributed by atoms with Crippen molar-refractivity contribution in [1.82, 2.24) is 40.5 Å². The van der Waals surface area contributed by atoms with E-state index in [1.165, 1.54) is 0 Å². The summed E-state index contributed by atoms with van der Waals surface area (Å²) in [7, 11) is 1.59. The van der Waals surface area contributed by atoms with E-state index in [0.29, 0.717) is 22.8 Å². The second kappa shape index (κ2) is 9.61. The second-order valence-corrected chi connectivity index (χ2v) is 7.64. The van der Waals surface area contributed by atoms with Crippen LogP contribution in [0.1, 0.15) is 53.4 Å². The minimum atomic E-state index is -0.338. The molecule has 0 aliphatic rings. The van der Waals surface area contributed by atoms with Gasteiger partial charge in [0, 0.05) is 36.8 Å². The fourth-order valence-electron chi connectivity index (χ4n) is 3.28. The lowest BCUT2D eigenvalue weighted by molar-refractivity contribution is 0.0939. The monoisotopic (exact) mass is 444 g/mol. The molecule has 2 unspecified atom stereocenters. The van der Waals surface area contributed by atoms with Crippen LogP contribution in [0.15, 0.2) is 55.1 Å². The van der Waals surface area contributed by atoms with Crippen LogP contribution in [0.3, 0.4) is 0 Å². The van der Waals surface area contributed by atoms with Crippen molar-refractivity contribution >= 4 is 5.91 Å². The molecule has 0 aliphatic carbocycles. The van der Waals surface area contributed by atoms with Gasteiger partial charge in [0.25, 0.3) is 5.91 Å². The Morgan fingerprint density at radius 2 is 1.94 bits per heavy atom. The molecule has 10 nitrogen and oxygen atoms in total. The molecule has 4 rings (SSSR count). The number of ether oxygens (including phenoxy) is 1. The fourth-order valence-corrected chi connectivity index (χ4v) is 3.28. The molecule has 1 aromatic carbocycles. The van der Waals surface area contributed by atoms with Gasteiger partial charge in [-0.3, -0.25) is 19.7 Å². The lowest BCUT2D eigenvalue weighted by Crippen LogP contribution is -2.27. The van der Waals surface area contributed by atoms with Crippen LogP contribution >= 0.6 is 0 Å². The average molecular weight is 444 g/mol. The Bertz CT molecular complexity index is 1240. The molecule has 0 bridgehead atoms. The van der Waals surface area contributed by atoms with E-state index in [4.69, 9.17) is 4.74 Å². The van der Waals surface area contributed by atoms with Crippen LogP contribution in [0.5, 0.6) is 0 Å². The minimum absolute atomic E-state index is 0.266. The molecular formula is C23H24N8O2. The first-order valence-electron chi connectivity index (χ1n) is 10.4. The number of nitrogens with one attached hydrogen (secondary N) is 1. The highest BCUT2D eigenvalue weighted by molar-refractivity contribution is 5.96. The zero-order chi connectivity index (χ0) is 23.4. The topological polar surface area (TPSA) is 121 Å². The quantitative estimate of drug-likeness (QED) is 0.462. The fraction of sp³-hybridized carbons (Fsp3) is 0.261. The van der Waals surface area contributed by atoms with Gasteiger partial charge in [-0.05, 0) is 61.0 Å². The van der Waals surface area contributed by atoms with Gasteiger partial charge in [-0.15, -0.1) is 5.10 Å². The van der Waals surface area contributed by atoms with E-state index in [2.05, 4.69) is 35.8 Å². The van der Waals surface area contributed by atoms with Gasteiger partial charge in [-0.2, -0.15) is 4.68 Å². The highest BCUT2D eigenvalue weighted by Crippen LogP contribution is 2.25. The Labute approximate surface area is 191 Å². The van der Waals surface area contributed by atoms with Gasteiger partial charge in [0.1, 0.15) is 6.10 Å². The molecule has 0 spiro atoms. The van der Waals surface area contributed by atoms with Gasteiger partial charge in [0.2, 0.25) is 0 Å². The summed E-state index contributed by atoms with van der Waals surface area (Å²) in [6, 6.07) is 8.98. The first kappa shape index (κ1) is 22.2. The van der Waals surface area contributed by atoms with Gasteiger partial charge in [-0.1, -0.05) is 6.07 Å². The van der Waals surface area contributed by atoms with Crippen LogP contribution in [0, 0.1) is 6.92 Å². The summed E-state index contributed by atoms with van der Waals surface area (Å²) in [5, 5.41) is 15.0. The number of hydrogen-bond acceptors (Lipinski definition) is 8. The van der Waals surface area contributed by atoms with E-state index in [1.807, 2.05) is 39.0 Å². The third kappa shape index (κ3) is 4.90. The molecule has 33 heavy (non-hydrogen) atoms. The average Bonchev–Trinajstić information content (AvgIpc) is 3.34. The van der Waals surface area contributed by atoms with Crippen LogP contribution in [-0.2, 0) is 4.74 Å². The predicted octanol–water partition coefficient (Wildman–Crippen LogP) is 3.02. The number of amides is 1. The number of aromatic nitrogens is 7. The molecule has 0 fully saturated rings. The van der Waals surface area contributed by atoms with Crippen molar-refractivity contribution in [2.75, 3.05) is 7.11 Å². The maximum atomic E-state index is 13.2. The third-order valence-electron chi connectivity index (χ3n) is 5.22. The highest BCUT2D eigenvalue weighted by atomic mass is 16.5. The van der Waals surface area contributed by atoms with Gasteiger partial charge >= 0.3 is 0 Å². The van der Waals surface area contributed by atoms with Crippen molar-refractivity contribution in [2.45, 2.75) is 32.9 Å². The van der Waals surface area contributed by atoms with E-state index in [1.54, 1.807) is 48.7 Å². The third-order valence-corrected chi connectivity index (χ3v) is 5.22. The number of carbonyl (C=O) groups is 1. The number of nitrogens with zero attached hydrogens (tertiary/aromatic N) is 7. The summed E-state index contributed by atoms with van der Waals surface area (Å²) >= 11 is 0. The molecule has 0 radical (unpaired) electrons. The predicted molar refractivity (Wildman–Crippen MR) is 120 cm³/mol. The highest BCUT2D eigenvalue weighted by Gasteiger charge is 2.19. The molecule has 1 amide bonds. The molecule has 1 N–H and O–H groups in total. The maximum absolute atomic E-state index is 13.2. The van der Waals surface area contributed by atoms with Crippen molar-refractivity contribution < 1.29 is 9.53 Å². The van der Waals surface area contributed by atoms with E-state index in [0.717, 1.165) is 16.8 Å². The first-order valence-corrected chi connectivity index (χ1v) is 10.4.